The Morgan fingerprint density at radius 2 is 1.89 bits per heavy atom. The number of alkyl halides is 3. The molecule has 2 N–H and O–H groups in total. The van der Waals surface area contributed by atoms with Crippen LogP contribution in [0.3, 0.4) is 0 Å². The Balaban J connectivity index is 1.81. The van der Waals surface area contributed by atoms with E-state index in [1.807, 2.05) is 30.4 Å². The first-order valence-corrected chi connectivity index (χ1v) is 12.9. The summed E-state index contributed by atoms with van der Waals surface area (Å²) in [5, 5.41) is 0. The van der Waals surface area contributed by atoms with Gasteiger partial charge in [-0.3, -0.25) is 9.59 Å². The molecule has 12 heteroatoms. The van der Waals surface area contributed by atoms with Gasteiger partial charge in [0.25, 0.3) is 21.5 Å². The zero-order chi connectivity index (χ0) is 27.2. The van der Waals surface area contributed by atoms with Gasteiger partial charge in [0.1, 0.15) is 5.82 Å². The van der Waals surface area contributed by atoms with Crippen LogP contribution in [0.2, 0.25) is 0 Å². The Hall–Kier alpha value is -3.67. The number of aromatic nitrogens is 2. The van der Waals surface area contributed by atoms with Crippen molar-refractivity contribution in [2.45, 2.75) is 43.8 Å². The van der Waals surface area contributed by atoms with Crippen LogP contribution >= 0.6 is 0 Å². The molecule has 4 rings (SSSR count). The molecule has 1 saturated heterocycles. The van der Waals surface area contributed by atoms with Gasteiger partial charge in [0.05, 0.1) is 16.8 Å². The predicted molar refractivity (Wildman–Crippen MR) is 132 cm³/mol. The number of carbonyl (C=O) groups excluding carboxylic acids is 1. The van der Waals surface area contributed by atoms with E-state index in [1.54, 1.807) is 0 Å². The van der Waals surface area contributed by atoms with Crippen LogP contribution in [0.1, 0.15) is 43.1 Å². The number of hydrogen-bond acceptors (Lipinski definition) is 6. The Morgan fingerprint density at radius 3 is 2.51 bits per heavy atom. The minimum absolute atomic E-state index is 0.0890. The van der Waals surface area contributed by atoms with Crippen LogP contribution in [0.15, 0.2) is 64.4 Å². The Bertz CT molecular complexity index is 1520. The number of benzene rings is 1. The third-order valence-corrected chi connectivity index (χ3v) is 8.20. The highest BCUT2D eigenvalue weighted by molar-refractivity contribution is 7.90. The number of rotatable bonds is 5. The summed E-state index contributed by atoms with van der Waals surface area (Å²) in [4.78, 5) is 33.2. The molecule has 1 amide bonds. The summed E-state index contributed by atoms with van der Waals surface area (Å²) in [5.41, 5.74) is -1.93. The predicted octanol–water partition coefficient (Wildman–Crippen LogP) is 4.20. The van der Waals surface area contributed by atoms with Gasteiger partial charge in [0, 0.05) is 23.8 Å². The molecular weight excluding hydrogens is 509 g/mol. The quantitative estimate of drug-likeness (QED) is 0.508. The number of halogens is 3. The lowest BCUT2D eigenvalue weighted by Crippen LogP contribution is -2.44. The molecule has 0 bridgehead atoms. The van der Waals surface area contributed by atoms with Crippen LogP contribution in [0.4, 0.5) is 19.0 Å². The summed E-state index contributed by atoms with van der Waals surface area (Å²) in [6, 6.07) is 9.74. The van der Waals surface area contributed by atoms with Crippen molar-refractivity contribution in [2.75, 3.05) is 11.4 Å². The maximum absolute atomic E-state index is 13.3. The average Bonchev–Trinajstić information content (AvgIpc) is 3.10. The molecule has 3 heterocycles. The van der Waals surface area contributed by atoms with Gasteiger partial charge in [0.15, 0.2) is 4.90 Å². The van der Waals surface area contributed by atoms with Gasteiger partial charge in [-0.2, -0.15) is 13.2 Å². The average molecular weight is 535 g/mol. The highest BCUT2D eigenvalue weighted by Crippen LogP contribution is 2.40. The number of carbonyl (C=O) groups is 1. The van der Waals surface area contributed by atoms with Crippen LogP contribution in [-0.2, 0) is 16.2 Å². The fourth-order valence-electron chi connectivity index (χ4n) is 4.31. The van der Waals surface area contributed by atoms with Gasteiger partial charge >= 0.3 is 6.18 Å². The van der Waals surface area contributed by atoms with Crippen LogP contribution in [0.25, 0.3) is 11.3 Å². The van der Waals surface area contributed by atoms with Crippen molar-refractivity contribution in [1.82, 2.24) is 14.7 Å². The van der Waals surface area contributed by atoms with Gasteiger partial charge in [-0.15, -0.1) is 0 Å². The Morgan fingerprint density at radius 1 is 1.16 bits per heavy atom. The molecule has 1 atom stereocenters. The van der Waals surface area contributed by atoms with Gasteiger partial charge in [0.2, 0.25) is 0 Å². The number of H-pyrrole nitrogens is 1. The number of nitrogens with one attached hydrogen (secondary N) is 2. The molecule has 37 heavy (non-hydrogen) atoms. The largest absolute Gasteiger partial charge is 0.416 e. The maximum Gasteiger partial charge on any atom is 0.416 e. The van der Waals surface area contributed by atoms with Gasteiger partial charge < -0.3 is 9.88 Å². The molecule has 1 unspecified atom stereocenters. The molecule has 1 fully saturated rings. The van der Waals surface area contributed by atoms with Crippen molar-refractivity contribution in [3.63, 3.8) is 0 Å². The van der Waals surface area contributed by atoms with Crippen LogP contribution in [0.5, 0.6) is 0 Å². The normalized spacial score (nSPS) is 17.6. The summed E-state index contributed by atoms with van der Waals surface area (Å²) in [7, 11) is -4.52. The molecule has 0 aliphatic carbocycles. The second-order valence-corrected chi connectivity index (χ2v) is 11.1. The van der Waals surface area contributed by atoms with Crippen molar-refractivity contribution in [3.05, 3.63) is 76.2 Å². The lowest BCUT2D eigenvalue weighted by molar-refractivity contribution is -0.137. The maximum atomic E-state index is 13.3. The third-order valence-electron chi connectivity index (χ3n) is 6.85. The van der Waals surface area contributed by atoms with Crippen molar-refractivity contribution in [3.8, 4) is 11.3 Å². The first kappa shape index (κ1) is 26.4. The first-order chi connectivity index (χ1) is 17.2. The Labute approximate surface area is 211 Å². The number of nitrogens with zero attached hydrogens (tertiary/aromatic N) is 2. The molecule has 2 aromatic heterocycles. The third kappa shape index (κ3) is 5.10. The highest BCUT2D eigenvalue weighted by Gasteiger charge is 2.41. The first-order valence-electron chi connectivity index (χ1n) is 11.4. The molecule has 1 aromatic carbocycles. The van der Waals surface area contributed by atoms with Crippen molar-refractivity contribution < 1.29 is 26.4 Å². The monoisotopic (exact) mass is 534 g/mol. The number of amides is 1. The van der Waals surface area contributed by atoms with Crippen LogP contribution < -0.4 is 15.2 Å². The molecule has 8 nitrogen and oxygen atoms in total. The molecule has 3 aromatic rings. The second-order valence-electron chi connectivity index (χ2n) is 9.44. The number of hydrogen-bond donors (Lipinski definition) is 2. The fourth-order valence-corrected chi connectivity index (χ4v) is 5.33. The van der Waals surface area contributed by atoms with E-state index in [-0.39, 0.29) is 28.6 Å². The topological polar surface area (TPSA) is 112 Å². The molecule has 0 spiro atoms. The van der Waals surface area contributed by atoms with E-state index in [2.05, 4.69) is 9.97 Å². The number of anilines is 1. The lowest BCUT2D eigenvalue weighted by Gasteiger charge is -2.36. The molecular formula is C25H25F3N4O4S. The summed E-state index contributed by atoms with van der Waals surface area (Å²) in [6.07, 6.45) is -2.52. The molecule has 1 aliphatic rings. The van der Waals surface area contributed by atoms with Crippen molar-refractivity contribution in [2.24, 2.45) is 5.92 Å². The zero-order valence-electron chi connectivity index (χ0n) is 20.3. The Kier molecular flexibility index (Phi) is 6.65. The van der Waals surface area contributed by atoms with E-state index in [1.165, 1.54) is 36.5 Å². The van der Waals surface area contributed by atoms with E-state index in [0.29, 0.717) is 6.54 Å². The molecule has 0 saturated carbocycles. The fraction of sp³-hybridized carbons (Fsp3) is 0.320. The summed E-state index contributed by atoms with van der Waals surface area (Å²) in [6.45, 7) is 6.43. The number of pyridine rings is 2. The second kappa shape index (κ2) is 9.33. The number of aromatic amines is 1. The number of sulfonamides is 1. The van der Waals surface area contributed by atoms with Gasteiger partial charge in [-0.05, 0) is 62.6 Å². The van der Waals surface area contributed by atoms with Gasteiger partial charge in [-0.25, -0.2) is 18.1 Å². The van der Waals surface area contributed by atoms with Crippen molar-refractivity contribution >= 4 is 21.7 Å². The molecule has 1 aliphatic heterocycles. The minimum atomic E-state index is -4.55. The van der Waals surface area contributed by atoms with E-state index in [4.69, 9.17) is 0 Å². The summed E-state index contributed by atoms with van der Waals surface area (Å²) >= 11 is 0. The van der Waals surface area contributed by atoms with Crippen molar-refractivity contribution in [1.29, 1.82) is 0 Å². The van der Waals surface area contributed by atoms with E-state index < -0.39 is 43.7 Å². The standard InChI is InChI=1S/C25H25F3N4O4S/c1-15-11-13-32(24(15,2)3)21-18(22(33)31-37(35,36)20-8-5-12-29-23(20)34)9-10-19(30-21)16-6-4-7-17(14-16)25(26,27)28/h4-10,12,14-15H,11,13H2,1-3H3,(H,29,34)(H,31,33). The van der Waals surface area contributed by atoms with Crippen LogP contribution in [-0.4, -0.2) is 36.4 Å². The summed E-state index contributed by atoms with van der Waals surface area (Å²) < 4.78 is 67.3. The van der Waals surface area contributed by atoms with E-state index in [0.717, 1.165) is 24.6 Å². The zero-order valence-corrected chi connectivity index (χ0v) is 21.1. The van der Waals surface area contributed by atoms with Crippen LogP contribution in [0, 0.1) is 5.92 Å². The minimum Gasteiger partial charge on any atom is -0.351 e. The lowest BCUT2D eigenvalue weighted by atomic mass is 9.90. The molecule has 196 valence electrons. The van der Waals surface area contributed by atoms with Gasteiger partial charge in [-0.1, -0.05) is 19.1 Å². The highest BCUT2D eigenvalue weighted by atomic mass is 32.2. The SMILES string of the molecule is CC1CCN(c2nc(-c3cccc(C(F)(F)F)c3)ccc2C(=O)NS(=O)(=O)c2ccc[nH]c2=O)C1(C)C. The van der Waals surface area contributed by atoms with E-state index >= 15 is 0 Å². The summed E-state index contributed by atoms with van der Waals surface area (Å²) in [5.74, 6) is -0.690. The molecule has 0 radical (unpaired) electrons. The smallest absolute Gasteiger partial charge is 0.351 e. The van der Waals surface area contributed by atoms with E-state index in [9.17, 15) is 31.2 Å².